The van der Waals surface area contributed by atoms with Crippen LogP contribution in [0.2, 0.25) is 0 Å². The standard InChI is InChI=1S/C16H22O3/c1-2-3-7-4-8-5-9(7)13-11-6-10(12(8)13)14-15(11)19-16(17)18-14/h7-15H,2-6H2,1H3/t7?,8?,9?,10?,11-,12?,13?,14?,15?/m1/s1. The predicted molar refractivity (Wildman–Crippen MR) is 68.3 cm³/mol. The Balaban J connectivity index is 1.46. The summed E-state index contributed by atoms with van der Waals surface area (Å²) in [5, 5.41) is 0. The molecule has 8 unspecified atom stereocenters. The molecule has 1 heterocycles. The molecule has 4 bridgehead atoms. The van der Waals surface area contributed by atoms with Crippen LogP contribution in [0.15, 0.2) is 0 Å². The fraction of sp³-hybridized carbons (Fsp3) is 0.938. The van der Waals surface area contributed by atoms with E-state index in [-0.39, 0.29) is 12.2 Å². The molecular formula is C16H22O3. The van der Waals surface area contributed by atoms with Gasteiger partial charge in [-0.3, -0.25) is 0 Å². The van der Waals surface area contributed by atoms with E-state index in [2.05, 4.69) is 6.92 Å². The molecule has 0 radical (unpaired) electrons. The van der Waals surface area contributed by atoms with Gasteiger partial charge in [0.15, 0.2) is 0 Å². The van der Waals surface area contributed by atoms with Crippen molar-refractivity contribution in [1.29, 1.82) is 0 Å². The van der Waals surface area contributed by atoms with Crippen molar-refractivity contribution in [2.45, 2.75) is 51.2 Å². The summed E-state index contributed by atoms with van der Waals surface area (Å²) in [6.07, 6.45) is 6.74. The van der Waals surface area contributed by atoms with Crippen LogP contribution in [0.5, 0.6) is 0 Å². The Morgan fingerprint density at radius 1 is 1.00 bits per heavy atom. The molecule has 19 heavy (non-hydrogen) atoms. The van der Waals surface area contributed by atoms with Crippen LogP contribution < -0.4 is 0 Å². The lowest BCUT2D eigenvalue weighted by atomic mass is 9.65. The highest BCUT2D eigenvalue weighted by Gasteiger charge is 2.70. The van der Waals surface area contributed by atoms with Crippen molar-refractivity contribution in [2.75, 3.05) is 0 Å². The summed E-state index contributed by atoms with van der Waals surface area (Å²) in [5.74, 6) is 5.80. The normalized spacial score (nSPS) is 60.1. The zero-order chi connectivity index (χ0) is 12.7. The second-order valence-corrected chi connectivity index (χ2v) is 7.58. The van der Waals surface area contributed by atoms with Gasteiger partial charge in [0.25, 0.3) is 0 Å². The highest BCUT2D eigenvalue weighted by atomic mass is 16.8. The Kier molecular flexibility index (Phi) is 2.01. The Morgan fingerprint density at radius 2 is 1.74 bits per heavy atom. The minimum Gasteiger partial charge on any atom is -0.427 e. The van der Waals surface area contributed by atoms with Gasteiger partial charge in [-0.1, -0.05) is 19.8 Å². The average Bonchev–Trinajstić information content (AvgIpc) is 3.06. The van der Waals surface area contributed by atoms with Crippen molar-refractivity contribution < 1.29 is 14.3 Å². The average molecular weight is 262 g/mol. The van der Waals surface area contributed by atoms with E-state index in [1.165, 1.54) is 32.1 Å². The lowest BCUT2D eigenvalue weighted by Crippen LogP contribution is -2.44. The third kappa shape index (κ3) is 1.19. The zero-order valence-electron chi connectivity index (χ0n) is 11.5. The van der Waals surface area contributed by atoms with Crippen molar-refractivity contribution in [3.05, 3.63) is 0 Å². The van der Waals surface area contributed by atoms with Gasteiger partial charge < -0.3 is 9.47 Å². The highest BCUT2D eigenvalue weighted by Crippen LogP contribution is 2.70. The van der Waals surface area contributed by atoms with Crippen LogP contribution in [0.25, 0.3) is 0 Å². The van der Waals surface area contributed by atoms with Crippen molar-refractivity contribution in [2.24, 2.45) is 41.4 Å². The van der Waals surface area contributed by atoms with E-state index in [0.29, 0.717) is 11.8 Å². The van der Waals surface area contributed by atoms with E-state index in [1.54, 1.807) is 0 Å². The maximum absolute atomic E-state index is 11.4. The lowest BCUT2D eigenvalue weighted by Gasteiger charge is -2.41. The van der Waals surface area contributed by atoms with Crippen LogP contribution in [0.3, 0.4) is 0 Å². The SMILES string of the molecule is CCCC1CC2CC1C1C2C2C[C@H]1C1OC(=O)OC21. The molecule has 0 aromatic carbocycles. The van der Waals surface area contributed by atoms with Gasteiger partial charge in [0.05, 0.1) is 0 Å². The van der Waals surface area contributed by atoms with Crippen LogP contribution in [0.4, 0.5) is 4.79 Å². The third-order valence-corrected chi connectivity index (χ3v) is 7.09. The summed E-state index contributed by atoms with van der Waals surface area (Å²) in [5.41, 5.74) is 0. The number of hydrogen-bond donors (Lipinski definition) is 0. The summed E-state index contributed by atoms with van der Waals surface area (Å²) in [6, 6.07) is 0. The van der Waals surface area contributed by atoms with Gasteiger partial charge in [-0.2, -0.15) is 0 Å². The minimum atomic E-state index is -0.401. The summed E-state index contributed by atoms with van der Waals surface area (Å²) >= 11 is 0. The van der Waals surface area contributed by atoms with Crippen molar-refractivity contribution in [3.63, 3.8) is 0 Å². The second kappa shape index (κ2) is 3.48. The van der Waals surface area contributed by atoms with E-state index in [9.17, 15) is 4.79 Å². The van der Waals surface area contributed by atoms with Gasteiger partial charge in [0, 0.05) is 11.8 Å². The zero-order valence-corrected chi connectivity index (χ0v) is 11.5. The van der Waals surface area contributed by atoms with Gasteiger partial charge in [-0.25, -0.2) is 4.79 Å². The first-order valence-electron chi connectivity index (χ1n) is 8.15. The third-order valence-electron chi connectivity index (χ3n) is 7.09. The topological polar surface area (TPSA) is 35.5 Å². The second-order valence-electron chi connectivity index (χ2n) is 7.58. The molecule has 5 rings (SSSR count). The van der Waals surface area contributed by atoms with E-state index in [1.807, 2.05) is 0 Å². The number of rotatable bonds is 2. The monoisotopic (exact) mass is 262 g/mol. The van der Waals surface area contributed by atoms with E-state index in [0.717, 1.165) is 29.6 Å². The molecule has 0 amide bonds. The molecule has 3 heteroatoms. The summed E-state index contributed by atoms with van der Waals surface area (Å²) < 4.78 is 10.9. The van der Waals surface area contributed by atoms with Crippen LogP contribution in [0, 0.1) is 41.4 Å². The fourth-order valence-corrected chi connectivity index (χ4v) is 6.91. The Hall–Kier alpha value is -0.730. The molecule has 9 atom stereocenters. The summed E-state index contributed by atoms with van der Waals surface area (Å²) in [4.78, 5) is 11.4. The fourth-order valence-electron chi connectivity index (χ4n) is 6.91. The molecule has 104 valence electrons. The molecule has 1 aliphatic heterocycles. The Morgan fingerprint density at radius 3 is 2.47 bits per heavy atom. The summed E-state index contributed by atoms with van der Waals surface area (Å²) in [7, 11) is 0. The molecule has 1 saturated heterocycles. The highest BCUT2D eigenvalue weighted by molar-refractivity contribution is 5.63. The van der Waals surface area contributed by atoms with Gasteiger partial charge >= 0.3 is 6.16 Å². The molecule has 0 spiro atoms. The Labute approximate surface area is 114 Å². The number of ether oxygens (including phenoxy) is 2. The van der Waals surface area contributed by atoms with Crippen molar-refractivity contribution >= 4 is 6.16 Å². The van der Waals surface area contributed by atoms with Gasteiger partial charge in [-0.15, -0.1) is 0 Å². The molecular weight excluding hydrogens is 240 g/mol. The van der Waals surface area contributed by atoms with Crippen LogP contribution in [-0.4, -0.2) is 18.4 Å². The lowest BCUT2D eigenvalue weighted by molar-refractivity contribution is -0.00582. The molecule has 0 aromatic rings. The molecule has 5 fully saturated rings. The van der Waals surface area contributed by atoms with E-state index < -0.39 is 6.16 Å². The molecule has 0 N–H and O–H groups in total. The smallest absolute Gasteiger partial charge is 0.427 e. The maximum Gasteiger partial charge on any atom is 0.509 e. The number of carbonyl (C=O) groups excluding carboxylic acids is 1. The quantitative estimate of drug-likeness (QED) is 0.566. The molecule has 0 aromatic heterocycles. The van der Waals surface area contributed by atoms with Gasteiger partial charge in [0.2, 0.25) is 0 Å². The van der Waals surface area contributed by atoms with Gasteiger partial charge in [-0.05, 0) is 48.9 Å². The van der Waals surface area contributed by atoms with Crippen LogP contribution in [-0.2, 0) is 9.47 Å². The van der Waals surface area contributed by atoms with Crippen molar-refractivity contribution in [3.8, 4) is 0 Å². The van der Waals surface area contributed by atoms with Crippen LogP contribution >= 0.6 is 0 Å². The van der Waals surface area contributed by atoms with Gasteiger partial charge in [0.1, 0.15) is 12.2 Å². The first-order chi connectivity index (χ1) is 9.28. The number of carbonyl (C=O) groups is 1. The largest absolute Gasteiger partial charge is 0.509 e. The predicted octanol–water partition coefficient (Wildman–Crippen LogP) is 3.23. The maximum atomic E-state index is 11.4. The van der Waals surface area contributed by atoms with Crippen molar-refractivity contribution in [1.82, 2.24) is 0 Å². The molecule has 3 nitrogen and oxygen atoms in total. The first kappa shape index (κ1) is 11.0. The molecule has 4 saturated carbocycles. The minimum absolute atomic E-state index is 0.111. The van der Waals surface area contributed by atoms with Crippen LogP contribution in [0.1, 0.15) is 39.0 Å². The first-order valence-corrected chi connectivity index (χ1v) is 8.15. The molecule has 5 aliphatic rings. The van der Waals surface area contributed by atoms with E-state index in [4.69, 9.17) is 9.47 Å². The summed E-state index contributed by atoms with van der Waals surface area (Å²) in [6.45, 7) is 2.31. The number of hydrogen-bond acceptors (Lipinski definition) is 3. The van der Waals surface area contributed by atoms with E-state index >= 15 is 0 Å². The Bertz CT molecular complexity index is 434. The molecule has 4 aliphatic carbocycles. The number of fused-ring (bicyclic) bond motifs is 12.